The molecule has 0 spiro atoms. The van der Waals surface area contributed by atoms with E-state index in [0.717, 1.165) is 63.7 Å². The van der Waals surface area contributed by atoms with Crippen LogP contribution in [0.15, 0.2) is 67.3 Å². The first-order chi connectivity index (χ1) is 18.7. The quantitative estimate of drug-likeness (QED) is 0.203. The predicted molar refractivity (Wildman–Crippen MR) is 157 cm³/mol. The Morgan fingerprint density at radius 2 is 1.69 bits per heavy atom. The molecule has 2 aromatic carbocycles. The van der Waals surface area contributed by atoms with Crippen LogP contribution in [0.2, 0.25) is 0 Å². The Bertz CT molecular complexity index is 1030. The smallest absolute Gasteiger partial charge is 0.407 e. The van der Waals surface area contributed by atoms with Crippen LogP contribution in [0.1, 0.15) is 70.4 Å². The molecule has 0 unspecified atom stereocenters. The molecule has 3 rings (SSSR count). The summed E-state index contributed by atoms with van der Waals surface area (Å²) >= 11 is 0. The number of amides is 2. The zero-order chi connectivity index (χ0) is 28.1. The highest BCUT2D eigenvalue weighted by Gasteiger charge is 2.38. The molecule has 6 nitrogen and oxygen atoms in total. The minimum absolute atomic E-state index is 0.00883. The number of carbonyl (C=O) groups excluding carboxylic acids is 2. The molecular formula is C33H46N2O4. The first-order valence-electron chi connectivity index (χ1n) is 14.4. The number of nitrogens with zero attached hydrogens (tertiary/aromatic N) is 1. The molecule has 1 N–H and O–H groups in total. The SMILES string of the molecule is C=CC[C@@H]1C[C@@H](COc2ccc(CCCCCNC(=O)OC(C)(C)C)cc2)N(CCCc2ccccc2)C1=O. The van der Waals surface area contributed by atoms with E-state index in [2.05, 4.69) is 48.3 Å². The van der Waals surface area contributed by atoms with Gasteiger partial charge in [-0.2, -0.15) is 0 Å². The van der Waals surface area contributed by atoms with E-state index < -0.39 is 5.60 Å². The van der Waals surface area contributed by atoms with Gasteiger partial charge >= 0.3 is 6.09 Å². The third-order valence-corrected chi connectivity index (χ3v) is 6.96. The van der Waals surface area contributed by atoms with E-state index >= 15 is 0 Å². The Balaban J connectivity index is 1.39. The molecule has 1 heterocycles. The summed E-state index contributed by atoms with van der Waals surface area (Å²) in [6, 6.07) is 18.8. The molecule has 39 heavy (non-hydrogen) atoms. The number of hydrogen-bond acceptors (Lipinski definition) is 4. The van der Waals surface area contributed by atoms with Gasteiger partial charge in [0, 0.05) is 19.0 Å². The molecule has 0 radical (unpaired) electrons. The lowest BCUT2D eigenvalue weighted by atomic mass is 10.0. The van der Waals surface area contributed by atoms with Crippen molar-refractivity contribution in [3.63, 3.8) is 0 Å². The van der Waals surface area contributed by atoms with Crippen molar-refractivity contribution in [1.82, 2.24) is 10.2 Å². The van der Waals surface area contributed by atoms with E-state index in [1.165, 1.54) is 11.1 Å². The van der Waals surface area contributed by atoms with Crippen LogP contribution in [0.4, 0.5) is 4.79 Å². The molecule has 2 aromatic rings. The fraction of sp³-hybridized carbons (Fsp3) is 0.515. The summed E-state index contributed by atoms with van der Waals surface area (Å²) < 4.78 is 11.4. The normalized spacial score (nSPS) is 17.2. The van der Waals surface area contributed by atoms with E-state index in [4.69, 9.17) is 9.47 Å². The largest absolute Gasteiger partial charge is 0.491 e. The number of alkyl carbamates (subject to hydrolysis) is 1. The Morgan fingerprint density at radius 3 is 2.38 bits per heavy atom. The summed E-state index contributed by atoms with van der Waals surface area (Å²) in [7, 11) is 0. The second kappa shape index (κ2) is 15.3. The first-order valence-corrected chi connectivity index (χ1v) is 14.4. The third-order valence-electron chi connectivity index (χ3n) is 6.96. The van der Waals surface area contributed by atoms with Gasteiger partial charge in [0.15, 0.2) is 0 Å². The number of benzene rings is 2. The fourth-order valence-electron chi connectivity index (χ4n) is 5.00. The summed E-state index contributed by atoms with van der Waals surface area (Å²) in [5, 5.41) is 2.81. The maximum atomic E-state index is 13.1. The number of ether oxygens (including phenoxy) is 2. The molecule has 1 fully saturated rings. The van der Waals surface area contributed by atoms with Gasteiger partial charge < -0.3 is 19.7 Å². The van der Waals surface area contributed by atoms with Crippen LogP contribution >= 0.6 is 0 Å². The van der Waals surface area contributed by atoms with Crippen LogP contribution in [0, 0.1) is 5.92 Å². The number of nitrogens with one attached hydrogen (secondary N) is 1. The summed E-state index contributed by atoms with van der Waals surface area (Å²) in [6.07, 6.45) is 8.95. The highest BCUT2D eigenvalue weighted by atomic mass is 16.6. The number of carbonyl (C=O) groups is 2. The van der Waals surface area contributed by atoms with Crippen LogP contribution in [-0.2, 0) is 22.4 Å². The van der Waals surface area contributed by atoms with Crippen LogP contribution in [0.3, 0.4) is 0 Å². The van der Waals surface area contributed by atoms with Crippen molar-refractivity contribution in [2.24, 2.45) is 5.92 Å². The molecule has 1 aliphatic heterocycles. The number of likely N-dealkylation sites (tertiary alicyclic amines) is 1. The van der Waals surface area contributed by atoms with E-state index in [9.17, 15) is 9.59 Å². The molecule has 0 bridgehead atoms. The monoisotopic (exact) mass is 534 g/mol. The topological polar surface area (TPSA) is 67.9 Å². The van der Waals surface area contributed by atoms with Gasteiger partial charge in [0.2, 0.25) is 5.91 Å². The van der Waals surface area contributed by atoms with Crippen LogP contribution in [-0.4, -0.2) is 48.2 Å². The summed E-state index contributed by atoms with van der Waals surface area (Å²) in [4.78, 5) is 26.8. The average molecular weight is 535 g/mol. The highest BCUT2D eigenvalue weighted by Crippen LogP contribution is 2.29. The lowest BCUT2D eigenvalue weighted by molar-refractivity contribution is -0.132. The number of rotatable bonds is 15. The van der Waals surface area contributed by atoms with Gasteiger partial charge in [0.1, 0.15) is 18.0 Å². The minimum Gasteiger partial charge on any atom is -0.491 e. The number of unbranched alkanes of at least 4 members (excludes halogenated alkanes) is 2. The van der Waals surface area contributed by atoms with Gasteiger partial charge in [-0.25, -0.2) is 4.79 Å². The van der Waals surface area contributed by atoms with E-state index in [-0.39, 0.29) is 24.0 Å². The summed E-state index contributed by atoms with van der Waals surface area (Å²) in [6.45, 7) is 11.3. The zero-order valence-electron chi connectivity index (χ0n) is 24.0. The van der Waals surface area contributed by atoms with Crippen molar-refractivity contribution < 1.29 is 19.1 Å². The summed E-state index contributed by atoms with van der Waals surface area (Å²) in [5.74, 6) is 1.08. The molecule has 1 aliphatic rings. The van der Waals surface area contributed by atoms with Crippen molar-refractivity contribution in [3.8, 4) is 5.75 Å². The maximum Gasteiger partial charge on any atom is 0.407 e. The van der Waals surface area contributed by atoms with Crippen LogP contribution < -0.4 is 10.1 Å². The summed E-state index contributed by atoms with van der Waals surface area (Å²) in [5.41, 5.74) is 2.11. The van der Waals surface area contributed by atoms with Gasteiger partial charge in [-0.3, -0.25) is 4.79 Å². The number of allylic oxidation sites excluding steroid dienone is 1. The number of aryl methyl sites for hydroxylation is 2. The van der Waals surface area contributed by atoms with E-state index in [0.29, 0.717) is 13.2 Å². The molecule has 0 aromatic heterocycles. The second-order valence-electron chi connectivity index (χ2n) is 11.4. The Labute approximate surface area is 234 Å². The standard InChI is InChI=1S/C33H46N2O4/c1-5-13-28-24-29(35(31(28)36)23-12-17-26-14-8-6-9-15-26)25-38-30-20-18-27(19-21-30)16-10-7-11-22-34-32(37)39-33(2,3)4/h5-6,8-9,14-15,18-21,28-29H,1,7,10-13,16-17,22-25H2,2-4H3,(H,34,37)/t28-,29+/m1/s1. The Morgan fingerprint density at radius 1 is 1.00 bits per heavy atom. The van der Waals surface area contributed by atoms with Gasteiger partial charge in [-0.1, -0.05) is 55.0 Å². The molecule has 6 heteroatoms. The lowest BCUT2D eigenvalue weighted by Crippen LogP contribution is -2.38. The Kier molecular flexibility index (Phi) is 11.9. The molecule has 1 saturated heterocycles. The van der Waals surface area contributed by atoms with Gasteiger partial charge in [0.05, 0.1) is 6.04 Å². The zero-order valence-corrected chi connectivity index (χ0v) is 24.0. The van der Waals surface area contributed by atoms with Crippen LogP contribution in [0.25, 0.3) is 0 Å². The second-order valence-corrected chi connectivity index (χ2v) is 11.4. The van der Waals surface area contributed by atoms with Gasteiger partial charge in [-0.05, 0) is 89.0 Å². The molecule has 2 atom stereocenters. The van der Waals surface area contributed by atoms with E-state index in [1.54, 1.807) is 0 Å². The van der Waals surface area contributed by atoms with Crippen molar-refractivity contribution in [3.05, 3.63) is 78.4 Å². The minimum atomic E-state index is -0.468. The van der Waals surface area contributed by atoms with E-state index in [1.807, 2.05) is 49.9 Å². The third kappa shape index (κ3) is 10.8. The predicted octanol–water partition coefficient (Wildman–Crippen LogP) is 6.73. The highest BCUT2D eigenvalue weighted by molar-refractivity contribution is 5.81. The van der Waals surface area contributed by atoms with Crippen molar-refractivity contribution in [2.75, 3.05) is 19.7 Å². The first kappa shape index (κ1) is 30.3. The molecule has 0 aliphatic carbocycles. The fourth-order valence-corrected chi connectivity index (χ4v) is 5.00. The molecule has 2 amide bonds. The van der Waals surface area contributed by atoms with Crippen molar-refractivity contribution in [2.45, 2.75) is 83.8 Å². The maximum absolute atomic E-state index is 13.1. The van der Waals surface area contributed by atoms with Gasteiger partial charge in [0.25, 0.3) is 0 Å². The lowest BCUT2D eigenvalue weighted by Gasteiger charge is -2.25. The van der Waals surface area contributed by atoms with Crippen molar-refractivity contribution in [1.29, 1.82) is 0 Å². The molecule has 212 valence electrons. The Hall–Kier alpha value is -3.28. The number of hydrogen-bond donors (Lipinski definition) is 1. The van der Waals surface area contributed by atoms with Crippen LogP contribution in [0.5, 0.6) is 5.75 Å². The molecular weight excluding hydrogens is 488 g/mol. The molecule has 0 saturated carbocycles. The van der Waals surface area contributed by atoms with Crippen molar-refractivity contribution >= 4 is 12.0 Å². The average Bonchev–Trinajstić information content (AvgIpc) is 3.19. The van der Waals surface area contributed by atoms with Gasteiger partial charge in [-0.15, -0.1) is 6.58 Å².